The summed E-state index contributed by atoms with van der Waals surface area (Å²) in [6.45, 7) is 6.45. The van der Waals surface area contributed by atoms with Gasteiger partial charge in [0.25, 0.3) is 0 Å². The van der Waals surface area contributed by atoms with E-state index >= 15 is 0 Å². The second-order valence-corrected chi connectivity index (χ2v) is 5.18. The van der Waals surface area contributed by atoms with Crippen LogP contribution in [-0.2, 0) is 0 Å². The molecule has 5 heteroatoms. The molecule has 2 fully saturated rings. The van der Waals surface area contributed by atoms with Crippen molar-refractivity contribution in [2.45, 2.75) is 12.5 Å². The lowest BCUT2D eigenvalue weighted by atomic mass is 10.2. The van der Waals surface area contributed by atoms with Crippen LogP contribution < -0.4 is 10.2 Å². The Morgan fingerprint density at radius 1 is 1.32 bits per heavy atom. The summed E-state index contributed by atoms with van der Waals surface area (Å²) in [5.74, 6) is 0.934. The first-order valence-electron chi connectivity index (χ1n) is 6.93. The number of anilines is 1. The van der Waals surface area contributed by atoms with E-state index < -0.39 is 0 Å². The van der Waals surface area contributed by atoms with Crippen LogP contribution in [0.2, 0.25) is 0 Å². The maximum atomic E-state index is 8.93. The van der Waals surface area contributed by atoms with Gasteiger partial charge in [0.15, 0.2) is 0 Å². The molecule has 1 atom stereocenters. The zero-order valence-corrected chi connectivity index (χ0v) is 11.0. The number of hydrogen-bond donors (Lipinski definition) is 1. The van der Waals surface area contributed by atoms with E-state index in [9.17, 15) is 0 Å². The van der Waals surface area contributed by atoms with Gasteiger partial charge in [-0.2, -0.15) is 5.26 Å². The van der Waals surface area contributed by atoms with Gasteiger partial charge in [-0.1, -0.05) is 0 Å². The summed E-state index contributed by atoms with van der Waals surface area (Å²) in [5, 5.41) is 12.4. The molecule has 1 aromatic rings. The smallest absolute Gasteiger partial charge is 0.129 e. The van der Waals surface area contributed by atoms with E-state index in [1.807, 2.05) is 6.07 Å². The van der Waals surface area contributed by atoms with Gasteiger partial charge in [0.1, 0.15) is 5.82 Å². The van der Waals surface area contributed by atoms with Gasteiger partial charge in [0.2, 0.25) is 0 Å². The lowest BCUT2D eigenvalue weighted by Crippen LogP contribution is -2.51. The van der Waals surface area contributed by atoms with Crippen molar-refractivity contribution in [2.24, 2.45) is 0 Å². The summed E-state index contributed by atoms with van der Waals surface area (Å²) in [6, 6.07) is 6.52. The molecule has 2 aliphatic heterocycles. The normalized spacial score (nSPS) is 24.4. The Kier molecular flexibility index (Phi) is 3.62. The number of piperazine rings is 1. The number of nitrogens with zero attached hydrogens (tertiary/aromatic N) is 4. The summed E-state index contributed by atoms with van der Waals surface area (Å²) in [4.78, 5) is 9.23. The van der Waals surface area contributed by atoms with Crippen molar-refractivity contribution in [3.8, 4) is 6.07 Å². The van der Waals surface area contributed by atoms with E-state index in [2.05, 4.69) is 26.2 Å². The van der Waals surface area contributed by atoms with Crippen LogP contribution in [-0.4, -0.2) is 55.2 Å². The zero-order chi connectivity index (χ0) is 13.1. The van der Waals surface area contributed by atoms with Crippen molar-refractivity contribution in [3.63, 3.8) is 0 Å². The third-order valence-electron chi connectivity index (χ3n) is 4.06. The molecule has 5 nitrogen and oxygen atoms in total. The van der Waals surface area contributed by atoms with Gasteiger partial charge in [0.05, 0.1) is 11.6 Å². The molecule has 0 spiro atoms. The summed E-state index contributed by atoms with van der Waals surface area (Å²) < 4.78 is 0. The van der Waals surface area contributed by atoms with Crippen LogP contribution >= 0.6 is 0 Å². The molecule has 2 aliphatic rings. The molecular formula is C14H19N5. The van der Waals surface area contributed by atoms with Gasteiger partial charge in [-0.3, -0.25) is 4.90 Å². The molecule has 100 valence electrons. The van der Waals surface area contributed by atoms with Crippen LogP contribution in [0.15, 0.2) is 18.3 Å². The van der Waals surface area contributed by atoms with Gasteiger partial charge < -0.3 is 10.2 Å². The van der Waals surface area contributed by atoms with Crippen molar-refractivity contribution in [1.29, 1.82) is 5.26 Å². The summed E-state index contributed by atoms with van der Waals surface area (Å²) in [5.41, 5.74) is 0.687. The monoisotopic (exact) mass is 257 g/mol. The van der Waals surface area contributed by atoms with Crippen molar-refractivity contribution < 1.29 is 0 Å². The molecule has 0 aromatic carbocycles. The largest absolute Gasteiger partial charge is 0.354 e. The minimum atomic E-state index is 0.687. The van der Waals surface area contributed by atoms with Crippen LogP contribution in [0.25, 0.3) is 0 Å². The van der Waals surface area contributed by atoms with E-state index in [4.69, 9.17) is 5.26 Å². The molecule has 1 aromatic heterocycles. The Morgan fingerprint density at radius 2 is 2.16 bits per heavy atom. The Hall–Kier alpha value is -1.64. The maximum Gasteiger partial charge on any atom is 0.129 e. The van der Waals surface area contributed by atoms with E-state index in [0.717, 1.165) is 45.1 Å². The highest BCUT2D eigenvalue weighted by molar-refractivity contribution is 5.45. The number of nitriles is 1. The fourth-order valence-electron chi connectivity index (χ4n) is 2.93. The lowest BCUT2D eigenvalue weighted by molar-refractivity contribution is 0.196. The molecule has 19 heavy (non-hydrogen) atoms. The molecule has 2 saturated heterocycles. The van der Waals surface area contributed by atoms with Gasteiger partial charge in [-0.15, -0.1) is 0 Å². The van der Waals surface area contributed by atoms with Crippen molar-refractivity contribution in [3.05, 3.63) is 23.9 Å². The minimum Gasteiger partial charge on any atom is -0.354 e. The lowest BCUT2D eigenvalue weighted by Gasteiger charge is -2.38. The first-order valence-corrected chi connectivity index (χ1v) is 6.93. The molecule has 1 N–H and O–H groups in total. The number of hydrogen-bond acceptors (Lipinski definition) is 5. The van der Waals surface area contributed by atoms with Crippen LogP contribution in [0.3, 0.4) is 0 Å². The molecular weight excluding hydrogens is 238 g/mol. The zero-order valence-electron chi connectivity index (χ0n) is 11.0. The predicted molar refractivity (Wildman–Crippen MR) is 74.0 cm³/mol. The van der Waals surface area contributed by atoms with Gasteiger partial charge in [0, 0.05) is 45.0 Å². The van der Waals surface area contributed by atoms with Crippen molar-refractivity contribution >= 4 is 5.82 Å². The Bertz CT molecular complexity index is 467. The number of nitrogens with one attached hydrogen (secondary N) is 1. The van der Waals surface area contributed by atoms with Crippen molar-refractivity contribution in [1.82, 2.24) is 15.2 Å². The Balaban J connectivity index is 1.61. The Labute approximate surface area is 113 Å². The average Bonchev–Trinajstić information content (AvgIpc) is 3.02. The molecule has 0 unspecified atom stereocenters. The van der Waals surface area contributed by atoms with Crippen LogP contribution in [0.4, 0.5) is 5.82 Å². The third-order valence-corrected chi connectivity index (χ3v) is 4.06. The SMILES string of the molecule is N#Cc1ccnc(N2CCN([C@H]3CCNC3)CC2)c1. The van der Waals surface area contributed by atoms with E-state index in [1.165, 1.54) is 6.42 Å². The van der Waals surface area contributed by atoms with Gasteiger partial charge in [-0.05, 0) is 25.1 Å². The fraction of sp³-hybridized carbons (Fsp3) is 0.571. The first-order chi connectivity index (χ1) is 9.36. The van der Waals surface area contributed by atoms with Crippen LogP contribution in [0.1, 0.15) is 12.0 Å². The highest BCUT2D eigenvalue weighted by Gasteiger charge is 2.26. The third kappa shape index (κ3) is 2.70. The molecule has 0 saturated carbocycles. The van der Waals surface area contributed by atoms with E-state index in [1.54, 1.807) is 12.3 Å². The predicted octanol–water partition coefficient (Wildman–Crippen LogP) is 0.437. The van der Waals surface area contributed by atoms with Gasteiger partial charge >= 0.3 is 0 Å². The number of rotatable bonds is 2. The second kappa shape index (κ2) is 5.55. The maximum absolute atomic E-state index is 8.93. The van der Waals surface area contributed by atoms with Crippen LogP contribution in [0.5, 0.6) is 0 Å². The van der Waals surface area contributed by atoms with E-state index in [0.29, 0.717) is 11.6 Å². The molecule has 0 bridgehead atoms. The quantitative estimate of drug-likeness (QED) is 0.833. The Morgan fingerprint density at radius 3 is 2.84 bits per heavy atom. The summed E-state index contributed by atoms with van der Waals surface area (Å²) >= 11 is 0. The molecule has 0 radical (unpaired) electrons. The average molecular weight is 257 g/mol. The minimum absolute atomic E-state index is 0.687. The molecule has 3 rings (SSSR count). The summed E-state index contributed by atoms with van der Waals surface area (Å²) in [6.07, 6.45) is 2.99. The molecule has 3 heterocycles. The highest BCUT2D eigenvalue weighted by atomic mass is 15.3. The number of pyridine rings is 1. The molecule has 0 amide bonds. The number of aromatic nitrogens is 1. The fourth-order valence-corrected chi connectivity index (χ4v) is 2.93. The van der Waals surface area contributed by atoms with Gasteiger partial charge in [-0.25, -0.2) is 4.98 Å². The van der Waals surface area contributed by atoms with E-state index in [-0.39, 0.29) is 0 Å². The van der Waals surface area contributed by atoms with Crippen LogP contribution in [0, 0.1) is 11.3 Å². The molecule has 0 aliphatic carbocycles. The topological polar surface area (TPSA) is 55.2 Å². The summed E-state index contributed by atoms with van der Waals surface area (Å²) in [7, 11) is 0. The second-order valence-electron chi connectivity index (χ2n) is 5.18. The highest BCUT2D eigenvalue weighted by Crippen LogP contribution is 2.17. The first kappa shape index (κ1) is 12.4. The standard InChI is InChI=1S/C14H19N5/c15-10-12-1-4-17-14(9-12)19-7-5-18(6-8-19)13-2-3-16-11-13/h1,4,9,13,16H,2-3,5-8,11H2/t13-/m0/s1. The van der Waals surface area contributed by atoms with Crippen molar-refractivity contribution in [2.75, 3.05) is 44.2 Å².